The predicted octanol–water partition coefficient (Wildman–Crippen LogP) is 2.32. The smallest absolute Gasteiger partial charge is 0.257 e. The first kappa shape index (κ1) is 21.7. The lowest BCUT2D eigenvalue weighted by molar-refractivity contribution is -0.139. The van der Waals surface area contributed by atoms with Crippen molar-refractivity contribution in [1.82, 2.24) is 9.91 Å². The fourth-order valence-electron chi connectivity index (χ4n) is 3.28. The van der Waals surface area contributed by atoms with Crippen molar-refractivity contribution in [3.63, 3.8) is 0 Å². The molecule has 2 aromatic heterocycles. The van der Waals surface area contributed by atoms with Crippen LogP contribution in [0.3, 0.4) is 0 Å². The molecule has 3 rings (SSSR count). The summed E-state index contributed by atoms with van der Waals surface area (Å²) in [5, 5.41) is 17.4. The van der Waals surface area contributed by atoms with Crippen LogP contribution < -0.4 is 0 Å². The molecule has 0 bridgehead atoms. The zero-order valence-corrected chi connectivity index (χ0v) is 17.5. The molecule has 1 aliphatic heterocycles. The fraction of sp³-hybridized carbons (Fsp3) is 0.500. The lowest BCUT2D eigenvalue weighted by atomic mass is 10.1. The zero-order chi connectivity index (χ0) is 20.6. The molecule has 3 heterocycles. The Morgan fingerprint density at radius 3 is 2.86 bits per heavy atom. The largest absolute Gasteiger partial charge is 0.467 e. The highest BCUT2D eigenvalue weighted by Crippen LogP contribution is 2.34. The molecule has 8 nitrogen and oxygen atoms in total. The van der Waals surface area contributed by atoms with Crippen LogP contribution in [0.25, 0.3) is 0 Å². The van der Waals surface area contributed by atoms with Crippen LogP contribution in [-0.2, 0) is 14.3 Å². The summed E-state index contributed by atoms with van der Waals surface area (Å²) in [6.45, 7) is 1.15. The molecule has 0 radical (unpaired) electrons. The molecule has 1 N–H and O–H groups in total. The van der Waals surface area contributed by atoms with Crippen molar-refractivity contribution >= 4 is 23.0 Å². The number of aliphatic hydroxyl groups is 1. The molecule has 0 saturated heterocycles. The third-order valence-corrected chi connectivity index (χ3v) is 5.69. The predicted molar refractivity (Wildman–Crippen MR) is 110 cm³/mol. The number of ether oxygens (including phenoxy) is 2. The van der Waals surface area contributed by atoms with E-state index in [1.54, 1.807) is 31.8 Å². The highest BCUT2D eigenvalue weighted by Gasteiger charge is 2.35. The van der Waals surface area contributed by atoms with Gasteiger partial charge in [0.05, 0.1) is 23.4 Å². The van der Waals surface area contributed by atoms with Gasteiger partial charge in [0.15, 0.2) is 6.29 Å². The highest BCUT2D eigenvalue weighted by atomic mass is 32.1. The van der Waals surface area contributed by atoms with Crippen LogP contribution in [0.5, 0.6) is 0 Å². The van der Waals surface area contributed by atoms with Crippen molar-refractivity contribution in [2.45, 2.75) is 25.2 Å². The number of hydrogen-bond donors (Lipinski definition) is 1. The van der Waals surface area contributed by atoms with E-state index in [4.69, 9.17) is 13.9 Å². The quantitative estimate of drug-likeness (QED) is 0.560. The number of carbonyl (C=O) groups is 1. The van der Waals surface area contributed by atoms with Gasteiger partial charge >= 0.3 is 0 Å². The van der Waals surface area contributed by atoms with E-state index >= 15 is 0 Å². The van der Waals surface area contributed by atoms with Crippen LogP contribution >= 0.6 is 11.3 Å². The first-order valence-electron chi connectivity index (χ1n) is 9.51. The van der Waals surface area contributed by atoms with Gasteiger partial charge in [0.2, 0.25) is 0 Å². The van der Waals surface area contributed by atoms with E-state index in [0.29, 0.717) is 31.7 Å². The van der Waals surface area contributed by atoms with Crippen molar-refractivity contribution in [3.05, 3.63) is 46.5 Å². The minimum Gasteiger partial charge on any atom is -0.467 e. The number of thiophene rings is 1. The number of furan rings is 1. The van der Waals surface area contributed by atoms with Crippen molar-refractivity contribution in [1.29, 1.82) is 0 Å². The average Bonchev–Trinajstić information content (AvgIpc) is 3.49. The Kier molecular flexibility index (Phi) is 7.96. The van der Waals surface area contributed by atoms with E-state index in [1.165, 1.54) is 5.01 Å². The van der Waals surface area contributed by atoms with Gasteiger partial charge in [-0.15, -0.1) is 11.3 Å². The third kappa shape index (κ3) is 5.52. The minimum absolute atomic E-state index is 0.0503. The Labute approximate surface area is 174 Å². The zero-order valence-electron chi connectivity index (χ0n) is 16.7. The van der Waals surface area contributed by atoms with Gasteiger partial charge in [0.1, 0.15) is 11.8 Å². The van der Waals surface area contributed by atoms with Crippen LogP contribution in [0, 0.1) is 0 Å². The van der Waals surface area contributed by atoms with E-state index in [2.05, 4.69) is 5.10 Å². The average molecular weight is 422 g/mol. The van der Waals surface area contributed by atoms with Crippen LogP contribution in [0.15, 0.2) is 45.4 Å². The SMILES string of the molecule is COC(CN(CCCO)CC(=O)N1N=C(c2cccs2)C[C@H]1c1ccco1)OC. The molecular formula is C20H27N3O5S. The summed E-state index contributed by atoms with van der Waals surface area (Å²) in [6.07, 6.45) is 2.32. The molecular weight excluding hydrogens is 394 g/mol. The standard InChI is InChI=1S/C20H27N3O5S/c1-26-20(27-2)14-22(8-5-9-24)13-19(25)23-16(17-6-3-10-28-17)12-15(21-23)18-7-4-11-29-18/h3-4,6-7,10-11,16,20,24H,5,8-9,12-14H2,1-2H3/t16-/m0/s1. The van der Waals surface area contributed by atoms with Crippen molar-refractivity contribution in [2.24, 2.45) is 5.10 Å². The van der Waals surface area contributed by atoms with Crippen molar-refractivity contribution in [3.8, 4) is 0 Å². The third-order valence-electron chi connectivity index (χ3n) is 4.77. The molecule has 1 amide bonds. The Hall–Kier alpha value is -2.04. The lowest BCUT2D eigenvalue weighted by Gasteiger charge is -2.28. The van der Waals surface area contributed by atoms with Gasteiger partial charge in [-0.05, 0) is 30.0 Å². The topological polar surface area (TPSA) is 87.7 Å². The van der Waals surface area contributed by atoms with Gasteiger partial charge < -0.3 is 19.0 Å². The van der Waals surface area contributed by atoms with Crippen LogP contribution in [0.2, 0.25) is 0 Å². The highest BCUT2D eigenvalue weighted by molar-refractivity contribution is 7.12. The van der Waals surface area contributed by atoms with Gasteiger partial charge in [-0.1, -0.05) is 6.07 Å². The Balaban J connectivity index is 1.76. The van der Waals surface area contributed by atoms with Crippen LogP contribution in [-0.4, -0.2) is 73.4 Å². The molecule has 158 valence electrons. The van der Waals surface area contributed by atoms with Crippen molar-refractivity contribution in [2.75, 3.05) is 40.5 Å². The molecule has 1 atom stereocenters. The molecule has 0 spiro atoms. The van der Waals surface area contributed by atoms with Gasteiger partial charge in [0.25, 0.3) is 5.91 Å². The van der Waals surface area contributed by atoms with Crippen LogP contribution in [0.1, 0.15) is 29.5 Å². The van der Waals surface area contributed by atoms with E-state index in [0.717, 1.165) is 10.6 Å². The molecule has 29 heavy (non-hydrogen) atoms. The number of hydrogen-bond acceptors (Lipinski definition) is 8. The van der Waals surface area contributed by atoms with Crippen molar-refractivity contribution < 1.29 is 23.8 Å². The maximum Gasteiger partial charge on any atom is 0.257 e. The maximum absolute atomic E-state index is 13.2. The van der Waals surface area contributed by atoms with E-state index in [-0.39, 0.29) is 25.1 Å². The summed E-state index contributed by atoms with van der Waals surface area (Å²) >= 11 is 1.60. The number of hydrazone groups is 1. The number of nitrogens with zero attached hydrogens (tertiary/aromatic N) is 3. The summed E-state index contributed by atoms with van der Waals surface area (Å²) in [6, 6.07) is 7.39. The second kappa shape index (κ2) is 10.7. The van der Waals surface area contributed by atoms with Crippen LogP contribution in [0.4, 0.5) is 0 Å². The minimum atomic E-state index is -0.453. The lowest BCUT2D eigenvalue weighted by Crippen LogP contribution is -2.42. The normalized spacial score (nSPS) is 16.8. The monoisotopic (exact) mass is 421 g/mol. The second-order valence-corrected chi connectivity index (χ2v) is 7.66. The molecule has 0 fully saturated rings. The Bertz CT molecular complexity index is 774. The van der Waals surface area contributed by atoms with Gasteiger partial charge in [-0.2, -0.15) is 5.10 Å². The molecule has 9 heteroatoms. The summed E-state index contributed by atoms with van der Waals surface area (Å²) in [5.41, 5.74) is 0.878. The second-order valence-electron chi connectivity index (χ2n) is 6.71. The first-order valence-corrected chi connectivity index (χ1v) is 10.4. The van der Waals surface area contributed by atoms with E-state index in [1.807, 2.05) is 34.5 Å². The molecule has 0 unspecified atom stereocenters. The van der Waals surface area contributed by atoms with Gasteiger partial charge in [-0.3, -0.25) is 9.69 Å². The molecule has 1 aliphatic rings. The van der Waals surface area contributed by atoms with Gasteiger partial charge in [0, 0.05) is 40.3 Å². The molecule has 0 saturated carbocycles. The summed E-state index contributed by atoms with van der Waals surface area (Å²) in [5.74, 6) is 0.573. The fourth-order valence-corrected chi connectivity index (χ4v) is 4.00. The Morgan fingerprint density at radius 2 is 2.24 bits per heavy atom. The number of aliphatic hydroxyl groups excluding tert-OH is 1. The molecule has 0 aliphatic carbocycles. The summed E-state index contributed by atoms with van der Waals surface area (Å²) in [4.78, 5) is 16.2. The van der Waals surface area contributed by atoms with E-state index < -0.39 is 6.29 Å². The summed E-state index contributed by atoms with van der Waals surface area (Å²) in [7, 11) is 3.12. The van der Waals surface area contributed by atoms with E-state index in [9.17, 15) is 9.90 Å². The maximum atomic E-state index is 13.2. The first-order chi connectivity index (χ1) is 14.2. The summed E-state index contributed by atoms with van der Waals surface area (Å²) < 4.78 is 16.1. The number of rotatable bonds is 11. The number of carbonyl (C=O) groups excluding carboxylic acids is 1. The molecule has 2 aromatic rings. The van der Waals surface area contributed by atoms with Gasteiger partial charge in [-0.25, -0.2) is 5.01 Å². The number of methoxy groups -OCH3 is 2. The number of amides is 1. The Morgan fingerprint density at radius 1 is 1.41 bits per heavy atom. The molecule has 0 aromatic carbocycles.